The van der Waals surface area contributed by atoms with Gasteiger partial charge in [0.25, 0.3) is 5.56 Å². The summed E-state index contributed by atoms with van der Waals surface area (Å²) in [6.45, 7) is 4.01. The number of hydrogen-bond acceptors (Lipinski definition) is 4. The zero-order valence-electron chi connectivity index (χ0n) is 14.1. The van der Waals surface area contributed by atoms with Gasteiger partial charge in [-0.2, -0.15) is 0 Å². The second kappa shape index (κ2) is 7.13. The van der Waals surface area contributed by atoms with E-state index >= 15 is 0 Å². The van der Waals surface area contributed by atoms with E-state index in [4.69, 9.17) is 4.74 Å². The molecule has 1 aliphatic rings. The van der Waals surface area contributed by atoms with Gasteiger partial charge in [-0.05, 0) is 24.1 Å². The van der Waals surface area contributed by atoms with Crippen molar-refractivity contribution in [3.05, 3.63) is 57.0 Å². The lowest BCUT2D eigenvalue weighted by atomic mass is 10.1. The van der Waals surface area contributed by atoms with E-state index in [1.807, 2.05) is 6.07 Å². The molecule has 0 saturated heterocycles. The minimum Gasteiger partial charge on any atom is -0.494 e. The maximum absolute atomic E-state index is 13.8. The molecule has 0 amide bonds. The zero-order valence-corrected chi connectivity index (χ0v) is 14.1. The molecule has 2 heterocycles. The van der Waals surface area contributed by atoms with Gasteiger partial charge in [-0.15, -0.1) is 0 Å². The third-order valence-electron chi connectivity index (χ3n) is 4.31. The van der Waals surface area contributed by atoms with Crippen LogP contribution in [0.25, 0.3) is 0 Å². The largest absolute Gasteiger partial charge is 0.494 e. The first-order chi connectivity index (χ1) is 11.6. The van der Waals surface area contributed by atoms with Crippen LogP contribution in [0.1, 0.15) is 36.0 Å². The number of H-pyrrole nitrogens is 1. The number of rotatable bonds is 5. The summed E-state index contributed by atoms with van der Waals surface area (Å²) in [4.78, 5) is 21.9. The maximum Gasteiger partial charge on any atom is 0.255 e. The average molecular weight is 331 g/mol. The van der Waals surface area contributed by atoms with Gasteiger partial charge >= 0.3 is 0 Å². The highest BCUT2D eigenvalue weighted by Crippen LogP contribution is 2.21. The van der Waals surface area contributed by atoms with E-state index in [2.05, 4.69) is 21.8 Å². The third kappa shape index (κ3) is 3.48. The molecule has 0 bridgehead atoms. The molecule has 128 valence electrons. The van der Waals surface area contributed by atoms with Crippen LogP contribution < -0.4 is 10.3 Å². The Morgan fingerprint density at radius 3 is 2.96 bits per heavy atom. The number of aromatic amines is 1. The van der Waals surface area contributed by atoms with Crippen LogP contribution in [0.2, 0.25) is 0 Å². The maximum atomic E-state index is 13.8. The Bertz CT molecular complexity index is 788. The van der Waals surface area contributed by atoms with Gasteiger partial charge in [0.2, 0.25) is 0 Å². The smallest absolute Gasteiger partial charge is 0.255 e. The monoisotopic (exact) mass is 331 g/mol. The van der Waals surface area contributed by atoms with E-state index in [9.17, 15) is 9.18 Å². The van der Waals surface area contributed by atoms with E-state index < -0.39 is 0 Å². The number of fused-ring (bicyclic) bond motifs is 1. The Kier molecular flexibility index (Phi) is 4.94. The van der Waals surface area contributed by atoms with Crippen LogP contribution in [-0.4, -0.2) is 28.5 Å². The molecular weight excluding hydrogens is 309 g/mol. The van der Waals surface area contributed by atoms with E-state index in [-0.39, 0.29) is 17.1 Å². The van der Waals surface area contributed by atoms with Crippen LogP contribution in [0.4, 0.5) is 4.39 Å². The zero-order chi connectivity index (χ0) is 17.1. The summed E-state index contributed by atoms with van der Waals surface area (Å²) in [6, 6.07) is 4.97. The van der Waals surface area contributed by atoms with Crippen molar-refractivity contribution in [1.29, 1.82) is 0 Å². The molecule has 24 heavy (non-hydrogen) atoms. The molecule has 0 aliphatic carbocycles. The minimum absolute atomic E-state index is 0.0472. The standard InChI is InChI=1S/C18H22FN3O2/c1-3-4-17-20-15-7-8-22(11-13(15)18(23)21-17)10-12-5-6-16(24-2)14(19)9-12/h5-6,9H,3-4,7-8,10-11H2,1-2H3,(H,20,21,23). The van der Waals surface area contributed by atoms with Crippen molar-refractivity contribution in [3.63, 3.8) is 0 Å². The molecular formula is C18H22FN3O2. The van der Waals surface area contributed by atoms with Crippen molar-refractivity contribution in [2.45, 2.75) is 39.3 Å². The molecule has 3 rings (SSSR count). The van der Waals surface area contributed by atoms with Gasteiger partial charge in [0.15, 0.2) is 11.6 Å². The summed E-state index contributed by atoms with van der Waals surface area (Å²) >= 11 is 0. The van der Waals surface area contributed by atoms with Crippen LogP contribution in [0.15, 0.2) is 23.0 Å². The molecule has 6 heteroatoms. The fourth-order valence-electron chi connectivity index (χ4n) is 3.09. The predicted octanol–water partition coefficient (Wildman–Crippen LogP) is 2.43. The Balaban J connectivity index is 1.75. The molecule has 1 aliphatic heterocycles. The van der Waals surface area contributed by atoms with Gasteiger partial charge in [0.1, 0.15) is 5.82 Å². The molecule has 1 N–H and O–H groups in total. The SMILES string of the molecule is CCCc1nc2c(c(=O)[nH]1)CN(Cc1ccc(OC)c(F)c1)CC2. The minimum atomic E-state index is -0.365. The van der Waals surface area contributed by atoms with Gasteiger partial charge in [-0.25, -0.2) is 9.37 Å². The average Bonchev–Trinajstić information content (AvgIpc) is 2.56. The molecule has 1 aromatic heterocycles. The Hall–Kier alpha value is -2.21. The van der Waals surface area contributed by atoms with Crippen molar-refractivity contribution in [1.82, 2.24) is 14.9 Å². The van der Waals surface area contributed by atoms with Crippen LogP contribution in [-0.2, 0) is 25.9 Å². The molecule has 0 fully saturated rings. The molecule has 5 nitrogen and oxygen atoms in total. The topological polar surface area (TPSA) is 58.2 Å². The summed E-state index contributed by atoms with van der Waals surface area (Å²) in [7, 11) is 1.45. The van der Waals surface area contributed by atoms with E-state index in [0.29, 0.717) is 13.1 Å². The number of nitrogens with one attached hydrogen (secondary N) is 1. The molecule has 0 spiro atoms. The van der Waals surface area contributed by atoms with Gasteiger partial charge in [0.05, 0.1) is 18.4 Å². The van der Waals surface area contributed by atoms with Crippen molar-refractivity contribution < 1.29 is 9.13 Å². The van der Waals surface area contributed by atoms with Crippen molar-refractivity contribution in [2.75, 3.05) is 13.7 Å². The van der Waals surface area contributed by atoms with Crippen molar-refractivity contribution >= 4 is 0 Å². The van der Waals surface area contributed by atoms with Crippen molar-refractivity contribution in [3.8, 4) is 5.75 Å². The van der Waals surface area contributed by atoms with Crippen LogP contribution in [0, 0.1) is 5.82 Å². The van der Waals surface area contributed by atoms with Crippen molar-refractivity contribution in [2.24, 2.45) is 0 Å². The number of nitrogens with zero attached hydrogens (tertiary/aromatic N) is 2. The molecule has 0 saturated carbocycles. The Labute approximate surface area is 140 Å². The van der Waals surface area contributed by atoms with Crippen LogP contribution >= 0.6 is 0 Å². The van der Waals surface area contributed by atoms with Crippen LogP contribution in [0.3, 0.4) is 0 Å². The quantitative estimate of drug-likeness (QED) is 0.914. The first kappa shape index (κ1) is 16.6. The van der Waals surface area contributed by atoms with Gasteiger partial charge in [-0.3, -0.25) is 9.69 Å². The number of methoxy groups -OCH3 is 1. The number of benzene rings is 1. The third-order valence-corrected chi connectivity index (χ3v) is 4.31. The summed E-state index contributed by atoms with van der Waals surface area (Å²) in [5.41, 5.74) is 2.45. The molecule has 0 atom stereocenters. The number of ether oxygens (including phenoxy) is 1. The van der Waals surface area contributed by atoms with Gasteiger partial charge in [-0.1, -0.05) is 13.0 Å². The van der Waals surface area contributed by atoms with E-state index in [0.717, 1.165) is 48.5 Å². The molecule has 2 aromatic rings. The lowest BCUT2D eigenvalue weighted by Crippen LogP contribution is -2.35. The summed E-state index contributed by atoms with van der Waals surface area (Å²) in [6.07, 6.45) is 2.49. The number of aromatic nitrogens is 2. The lowest BCUT2D eigenvalue weighted by molar-refractivity contribution is 0.241. The highest BCUT2D eigenvalue weighted by Gasteiger charge is 2.21. The van der Waals surface area contributed by atoms with Crippen LogP contribution in [0.5, 0.6) is 5.75 Å². The number of hydrogen-bond donors (Lipinski definition) is 1. The van der Waals surface area contributed by atoms with E-state index in [1.165, 1.54) is 13.2 Å². The summed E-state index contributed by atoms with van der Waals surface area (Å²) < 4.78 is 18.8. The Morgan fingerprint density at radius 2 is 2.25 bits per heavy atom. The van der Waals surface area contributed by atoms with E-state index in [1.54, 1.807) is 6.07 Å². The van der Waals surface area contributed by atoms with Gasteiger partial charge < -0.3 is 9.72 Å². The molecule has 0 unspecified atom stereocenters. The van der Waals surface area contributed by atoms with Gasteiger partial charge in [0, 0.05) is 32.5 Å². The highest BCUT2D eigenvalue weighted by atomic mass is 19.1. The first-order valence-electron chi connectivity index (χ1n) is 8.26. The summed E-state index contributed by atoms with van der Waals surface area (Å²) in [5.74, 6) is 0.648. The predicted molar refractivity (Wildman–Crippen MR) is 89.6 cm³/mol. The number of halogens is 1. The lowest BCUT2D eigenvalue weighted by Gasteiger charge is -2.27. The molecule has 1 aromatic carbocycles. The fraction of sp³-hybridized carbons (Fsp3) is 0.444. The second-order valence-corrected chi connectivity index (χ2v) is 6.12. The molecule has 0 radical (unpaired) electrons. The highest BCUT2D eigenvalue weighted by molar-refractivity contribution is 5.29. The Morgan fingerprint density at radius 1 is 1.42 bits per heavy atom. The first-order valence-corrected chi connectivity index (χ1v) is 8.26. The summed E-state index contributed by atoms with van der Waals surface area (Å²) in [5, 5.41) is 0. The fourth-order valence-corrected chi connectivity index (χ4v) is 3.09. The number of aryl methyl sites for hydroxylation is 1. The normalized spacial score (nSPS) is 14.5. The second-order valence-electron chi connectivity index (χ2n) is 6.12.